The molecule has 4 nitrogen and oxygen atoms in total. The lowest BCUT2D eigenvalue weighted by atomic mass is 9.85. The highest BCUT2D eigenvalue weighted by atomic mass is 16.4. The highest BCUT2D eigenvalue weighted by Crippen LogP contribution is 2.36. The summed E-state index contributed by atoms with van der Waals surface area (Å²) in [6, 6.07) is 0. The molecule has 0 heterocycles. The maximum atomic E-state index is 11.3. The number of hydrogen-bond donors (Lipinski definition) is 2. The van der Waals surface area contributed by atoms with Crippen LogP contribution in [0.2, 0.25) is 0 Å². The Bertz CT molecular complexity index is 271. The SMILES string of the molecule is CCCCN(CC)CCC1CCCC1(N)C(=O)O. The lowest BCUT2D eigenvalue weighted by Crippen LogP contribution is -2.51. The second-order valence-corrected chi connectivity index (χ2v) is 5.51. The smallest absolute Gasteiger partial charge is 0.323 e. The van der Waals surface area contributed by atoms with Gasteiger partial charge in [0.25, 0.3) is 0 Å². The van der Waals surface area contributed by atoms with E-state index in [1.165, 1.54) is 12.8 Å². The second kappa shape index (κ2) is 7.10. The normalized spacial score (nSPS) is 27.9. The van der Waals surface area contributed by atoms with Crippen LogP contribution in [-0.4, -0.2) is 41.1 Å². The molecule has 0 aliphatic heterocycles. The van der Waals surface area contributed by atoms with Crippen molar-refractivity contribution in [1.82, 2.24) is 4.90 Å². The van der Waals surface area contributed by atoms with Crippen molar-refractivity contribution >= 4 is 5.97 Å². The van der Waals surface area contributed by atoms with Crippen LogP contribution in [0.5, 0.6) is 0 Å². The number of nitrogens with zero attached hydrogens (tertiary/aromatic N) is 1. The highest BCUT2D eigenvalue weighted by molar-refractivity contribution is 5.79. The Labute approximate surface area is 111 Å². The van der Waals surface area contributed by atoms with E-state index in [0.29, 0.717) is 6.42 Å². The van der Waals surface area contributed by atoms with Crippen LogP contribution in [0.1, 0.15) is 52.4 Å². The minimum absolute atomic E-state index is 0.144. The Morgan fingerprint density at radius 2 is 2.17 bits per heavy atom. The maximum Gasteiger partial charge on any atom is 0.323 e. The molecule has 0 radical (unpaired) electrons. The minimum atomic E-state index is -0.968. The van der Waals surface area contributed by atoms with Gasteiger partial charge in [-0.15, -0.1) is 0 Å². The zero-order valence-corrected chi connectivity index (χ0v) is 11.8. The molecule has 106 valence electrons. The molecular weight excluding hydrogens is 228 g/mol. The molecule has 0 saturated heterocycles. The number of unbranched alkanes of at least 4 members (excludes halogenated alkanes) is 1. The van der Waals surface area contributed by atoms with Gasteiger partial charge in [0, 0.05) is 0 Å². The third-order valence-electron chi connectivity index (χ3n) is 4.34. The fraction of sp³-hybridized carbons (Fsp3) is 0.929. The lowest BCUT2D eigenvalue weighted by Gasteiger charge is -2.29. The molecule has 3 N–H and O–H groups in total. The molecule has 4 heteroatoms. The van der Waals surface area contributed by atoms with Gasteiger partial charge in [0.15, 0.2) is 0 Å². The molecule has 0 aromatic heterocycles. The molecule has 1 aliphatic carbocycles. The van der Waals surface area contributed by atoms with Gasteiger partial charge in [-0.1, -0.05) is 26.7 Å². The fourth-order valence-electron chi connectivity index (χ4n) is 2.93. The molecular formula is C14H28N2O2. The standard InChI is InChI=1S/C14H28N2O2/c1-3-5-10-16(4-2)11-8-12-7-6-9-14(12,15)13(17)18/h12H,3-11,15H2,1-2H3,(H,17,18). The Kier molecular flexibility index (Phi) is 6.09. The number of carbonyl (C=O) groups is 1. The molecule has 2 unspecified atom stereocenters. The van der Waals surface area contributed by atoms with Gasteiger partial charge in [0.1, 0.15) is 5.54 Å². The Balaban J connectivity index is 2.44. The van der Waals surface area contributed by atoms with Crippen molar-refractivity contribution in [3.8, 4) is 0 Å². The average molecular weight is 256 g/mol. The summed E-state index contributed by atoms with van der Waals surface area (Å²) in [6.45, 7) is 7.49. The quantitative estimate of drug-likeness (QED) is 0.698. The van der Waals surface area contributed by atoms with Crippen LogP contribution < -0.4 is 5.73 Å². The first kappa shape index (κ1) is 15.4. The van der Waals surface area contributed by atoms with E-state index in [9.17, 15) is 9.90 Å². The van der Waals surface area contributed by atoms with Crippen LogP contribution in [0.15, 0.2) is 0 Å². The molecule has 0 bridgehead atoms. The molecule has 2 atom stereocenters. The first-order valence-corrected chi connectivity index (χ1v) is 7.29. The van der Waals surface area contributed by atoms with Crippen LogP contribution in [0.25, 0.3) is 0 Å². The van der Waals surface area contributed by atoms with Gasteiger partial charge < -0.3 is 15.7 Å². The number of rotatable bonds is 8. The van der Waals surface area contributed by atoms with E-state index < -0.39 is 11.5 Å². The Morgan fingerprint density at radius 1 is 1.44 bits per heavy atom. The summed E-state index contributed by atoms with van der Waals surface area (Å²) in [4.78, 5) is 13.7. The van der Waals surface area contributed by atoms with Crippen LogP contribution in [0.4, 0.5) is 0 Å². The van der Waals surface area contributed by atoms with Crippen LogP contribution in [0, 0.1) is 5.92 Å². The number of hydrogen-bond acceptors (Lipinski definition) is 3. The Morgan fingerprint density at radius 3 is 2.72 bits per heavy atom. The molecule has 1 saturated carbocycles. The van der Waals surface area contributed by atoms with Crippen molar-refractivity contribution in [3.63, 3.8) is 0 Å². The third kappa shape index (κ3) is 3.69. The van der Waals surface area contributed by atoms with Gasteiger partial charge >= 0.3 is 5.97 Å². The van der Waals surface area contributed by atoms with Crippen molar-refractivity contribution in [3.05, 3.63) is 0 Å². The van der Waals surface area contributed by atoms with E-state index in [-0.39, 0.29) is 5.92 Å². The molecule has 0 spiro atoms. The summed E-state index contributed by atoms with van der Waals surface area (Å²) in [6.07, 6.45) is 5.89. The van der Waals surface area contributed by atoms with Crippen molar-refractivity contribution in [2.45, 2.75) is 57.9 Å². The third-order valence-corrected chi connectivity index (χ3v) is 4.34. The Hall–Kier alpha value is -0.610. The average Bonchev–Trinajstić information content (AvgIpc) is 2.73. The van der Waals surface area contributed by atoms with Gasteiger partial charge in [-0.3, -0.25) is 4.79 Å². The van der Waals surface area contributed by atoms with Gasteiger partial charge in [-0.05, 0) is 51.2 Å². The molecule has 1 aliphatic rings. The predicted octanol–water partition coefficient (Wildman–Crippen LogP) is 2.08. The topological polar surface area (TPSA) is 66.6 Å². The molecule has 0 aromatic carbocycles. The van der Waals surface area contributed by atoms with Crippen LogP contribution in [-0.2, 0) is 4.79 Å². The molecule has 18 heavy (non-hydrogen) atoms. The van der Waals surface area contributed by atoms with Crippen molar-refractivity contribution in [1.29, 1.82) is 0 Å². The first-order valence-electron chi connectivity index (χ1n) is 7.29. The van der Waals surface area contributed by atoms with E-state index in [1.807, 2.05) is 0 Å². The zero-order chi connectivity index (χ0) is 13.6. The van der Waals surface area contributed by atoms with Gasteiger partial charge in [-0.2, -0.15) is 0 Å². The van der Waals surface area contributed by atoms with E-state index in [1.54, 1.807) is 0 Å². The monoisotopic (exact) mass is 256 g/mol. The minimum Gasteiger partial charge on any atom is -0.480 e. The summed E-state index contributed by atoms with van der Waals surface area (Å²) in [7, 11) is 0. The zero-order valence-electron chi connectivity index (χ0n) is 11.8. The van der Waals surface area contributed by atoms with Gasteiger partial charge in [0.2, 0.25) is 0 Å². The summed E-state index contributed by atoms with van der Waals surface area (Å²) in [5.41, 5.74) is 5.09. The van der Waals surface area contributed by atoms with E-state index in [4.69, 9.17) is 5.73 Å². The number of aliphatic carboxylic acids is 1. The number of carboxylic acid groups (broad SMARTS) is 1. The molecule has 0 amide bonds. The van der Waals surface area contributed by atoms with Crippen molar-refractivity contribution < 1.29 is 9.90 Å². The van der Waals surface area contributed by atoms with E-state index in [0.717, 1.165) is 38.9 Å². The van der Waals surface area contributed by atoms with Crippen LogP contribution in [0.3, 0.4) is 0 Å². The summed E-state index contributed by atoms with van der Waals surface area (Å²) >= 11 is 0. The fourth-order valence-corrected chi connectivity index (χ4v) is 2.93. The van der Waals surface area contributed by atoms with Crippen molar-refractivity contribution in [2.24, 2.45) is 11.7 Å². The van der Waals surface area contributed by atoms with E-state index >= 15 is 0 Å². The highest BCUT2D eigenvalue weighted by Gasteiger charge is 2.45. The molecule has 0 aromatic rings. The predicted molar refractivity (Wildman–Crippen MR) is 73.5 cm³/mol. The largest absolute Gasteiger partial charge is 0.480 e. The summed E-state index contributed by atoms with van der Waals surface area (Å²) in [5.74, 6) is -0.674. The van der Waals surface area contributed by atoms with Gasteiger partial charge in [-0.25, -0.2) is 0 Å². The van der Waals surface area contributed by atoms with Crippen LogP contribution >= 0.6 is 0 Å². The maximum absolute atomic E-state index is 11.3. The number of carboxylic acids is 1. The molecule has 1 rings (SSSR count). The number of nitrogens with two attached hydrogens (primary N) is 1. The van der Waals surface area contributed by atoms with E-state index in [2.05, 4.69) is 18.7 Å². The van der Waals surface area contributed by atoms with Crippen molar-refractivity contribution in [2.75, 3.05) is 19.6 Å². The summed E-state index contributed by atoms with van der Waals surface area (Å²) in [5, 5.41) is 9.27. The van der Waals surface area contributed by atoms with Gasteiger partial charge in [0.05, 0.1) is 0 Å². The lowest BCUT2D eigenvalue weighted by molar-refractivity contribution is -0.144. The second-order valence-electron chi connectivity index (χ2n) is 5.51. The molecule has 1 fully saturated rings. The summed E-state index contributed by atoms with van der Waals surface area (Å²) < 4.78 is 0. The first-order chi connectivity index (χ1) is 8.54.